The molecule has 0 fully saturated rings. The highest BCUT2D eigenvalue weighted by atomic mass is 32.1. The molecular formula is C20H21NO5S. The quantitative estimate of drug-likeness (QED) is 0.799. The Hall–Kier alpha value is -2.54. The van der Waals surface area contributed by atoms with Crippen LogP contribution in [0.4, 0.5) is 0 Å². The van der Waals surface area contributed by atoms with Crippen LogP contribution in [-0.2, 0) is 22.4 Å². The first kappa shape index (κ1) is 17.9. The number of thiophene rings is 1. The van der Waals surface area contributed by atoms with Crippen LogP contribution in [-0.4, -0.2) is 37.7 Å². The number of esters is 1. The standard InChI is InChI=1S/C20H21NO5S/c22-19(21-10-14-11-24-15-6-2-3-7-16(15)26-14)12-25-20(23)18-9-13-5-1-4-8-17(13)27-18/h2-3,6-7,9,14H,1,4-5,8,10-12H2,(H,21,22)/t14-/m1/s1. The minimum atomic E-state index is -0.435. The monoisotopic (exact) mass is 387 g/mol. The maximum Gasteiger partial charge on any atom is 0.348 e. The Morgan fingerprint density at radius 3 is 2.85 bits per heavy atom. The molecule has 142 valence electrons. The number of para-hydroxylation sites is 2. The third kappa shape index (κ3) is 4.24. The van der Waals surface area contributed by atoms with E-state index in [4.69, 9.17) is 14.2 Å². The Kier molecular flexibility index (Phi) is 5.29. The van der Waals surface area contributed by atoms with Crippen molar-refractivity contribution in [2.75, 3.05) is 19.8 Å². The molecule has 2 aromatic rings. The molecule has 1 N–H and O–H groups in total. The molecule has 0 saturated heterocycles. The average Bonchev–Trinajstić information content (AvgIpc) is 3.14. The van der Waals surface area contributed by atoms with Crippen LogP contribution in [0.15, 0.2) is 30.3 Å². The lowest BCUT2D eigenvalue weighted by Crippen LogP contribution is -2.42. The molecule has 1 aromatic carbocycles. The van der Waals surface area contributed by atoms with Gasteiger partial charge in [0, 0.05) is 4.88 Å². The molecule has 0 saturated carbocycles. The van der Waals surface area contributed by atoms with Crippen molar-refractivity contribution in [2.45, 2.75) is 31.8 Å². The molecule has 1 aliphatic carbocycles. The van der Waals surface area contributed by atoms with Crippen LogP contribution in [0.1, 0.15) is 33.0 Å². The zero-order valence-corrected chi connectivity index (χ0v) is 15.7. The van der Waals surface area contributed by atoms with E-state index in [1.165, 1.54) is 28.2 Å². The van der Waals surface area contributed by atoms with Crippen LogP contribution in [0.3, 0.4) is 0 Å². The van der Waals surface area contributed by atoms with Crippen molar-refractivity contribution in [3.05, 3.63) is 45.6 Å². The maximum absolute atomic E-state index is 12.2. The Balaban J connectivity index is 1.22. The van der Waals surface area contributed by atoms with Crippen molar-refractivity contribution in [3.63, 3.8) is 0 Å². The van der Waals surface area contributed by atoms with Gasteiger partial charge in [0.1, 0.15) is 17.6 Å². The van der Waals surface area contributed by atoms with Crippen molar-refractivity contribution in [1.29, 1.82) is 0 Å². The predicted octanol–water partition coefficient (Wildman–Crippen LogP) is 2.74. The molecule has 6 nitrogen and oxygen atoms in total. The summed E-state index contributed by atoms with van der Waals surface area (Å²) >= 11 is 1.48. The summed E-state index contributed by atoms with van der Waals surface area (Å²) in [5.74, 6) is 0.576. The van der Waals surface area contributed by atoms with Gasteiger partial charge in [-0.25, -0.2) is 4.79 Å². The largest absolute Gasteiger partial charge is 0.486 e. The number of hydrogen-bond donors (Lipinski definition) is 1. The fourth-order valence-corrected chi connectivity index (χ4v) is 4.38. The molecular weight excluding hydrogens is 366 g/mol. The average molecular weight is 387 g/mol. The molecule has 0 radical (unpaired) electrons. The minimum Gasteiger partial charge on any atom is -0.486 e. The summed E-state index contributed by atoms with van der Waals surface area (Å²) in [7, 11) is 0. The fraction of sp³-hybridized carbons (Fsp3) is 0.400. The van der Waals surface area contributed by atoms with Crippen LogP contribution in [0.5, 0.6) is 11.5 Å². The molecule has 27 heavy (non-hydrogen) atoms. The van der Waals surface area contributed by atoms with E-state index < -0.39 is 5.97 Å². The fourth-order valence-electron chi connectivity index (χ4n) is 3.24. The number of benzene rings is 1. The molecule has 7 heteroatoms. The molecule has 0 unspecified atom stereocenters. The Morgan fingerprint density at radius 2 is 2.00 bits per heavy atom. The number of amides is 1. The van der Waals surface area contributed by atoms with Crippen molar-refractivity contribution in [2.24, 2.45) is 0 Å². The molecule has 1 aliphatic heterocycles. The van der Waals surface area contributed by atoms with Gasteiger partial charge in [-0.15, -0.1) is 11.3 Å². The number of carbonyl (C=O) groups excluding carboxylic acids is 2. The number of hydrogen-bond acceptors (Lipinski definition) is 6. The van der Waals surface area contributed by atoms with Gasteiger partial charge in [-0.3, -0.25) is 4.79 Å². The number of fused-ring (bicyclic) bond motifs is 2. The van der Waals surface area contributed by atoms with Crippen LogP contribution < -0.4 is 14.8 Å². The molecule has 0 spiro atoms. The first-order valence-corrected chi connectivity index (χ1v) is 9.94. The van der Waals surface area contributed by atoms with Crippen molar-refractivity contribution in [3.8, 4) is 11.5 Å². The Morgan fingerprint density at radius 1 is 1.19 bits per heavy atom. The van der Waals surface area contributed by atoms with E-state index in [1.807, 2.05) is 30.3 Å². The van der Waals surface area contributed by atoms with Gasteiger partial charge in [-0.1, -0.05) is 12.1 Å². The molecule has 2 heterocycles. The summed E-state index contributed by atoms with van der Waals surface area (Å²) in [6.07, 6.45) is 4.11. The summed E-state index contributed by atoms with van der Waals surface area (Å²) in [5.41, 5.74) is 1.25. The maximum atomic E-state index is 12.2. The van der Waals surface area contributed by atoms with Gasteiger partial charge in [0.2, 0.25) is 0 Å². The lowest BCUT2D eigenvalue weighted by atomic mass is 9.99. The predicted molar refractivity (Wildman–Crippen MR) is 101 cm³/mol. The summed E-state index contributed by atoms with van der Waals surface area (Å²) in [5, 5.41) is 2.72. The minimum absolute atomic E-state index is 0.274. The summed E-state index contributed by atoms with van der Waals surface area (Å²) in [6, 6.07) is 9.31. The van der Waals surface area contributed by atoms with Crippen LogP contribution in [0.25, 0.3) is 0 Å². The number of carbonyl (C=O) groups is 2. The number of aryl methyl sites for hydroxylation is 2. The highest BCUT2D eigenvalue weighted by Gasteiger charge is 2.22. The third-order valence-electron chi connectivity index (χ3n) is 4.63. The van der Waals surface area contributed by atoms with Crippen molar-refractivity contribution < 1.29 is 23.8 Å². The van der Waals surface area contributed by atoms with E-state index >= 15 is 0 Å². The number of rotatable bonds is 5. The summed E-state index contributed by atoms with van der Waals surface area (Å²) in [6.45, 7) is 0.349. The highest BCUT2D eigenvalue weighted by molar-refractivity contribution is 7.14. The molecule has 0 bridgehead atoms. The number of ether oxygens (including phenoxy) is 3. The van der Waals surface area contributed by atoms with Gasteiger partial charge in [0.05, 0.1) is 6.54 Å². The van der Waals surface area contributed by atoms with E-state index in [2.05, 4.69) is 5.32 Å². The SMILES string of the molecule is O=C(COC(=O)c1cc2c(s1)CCCC2)NC[C@@H]1COc2ccccc2O1. The molecule has 1 amide bonds. The smallest absolute Gasteiger partial charge is 0.348 e. The Labute approximate surface area is 161 Å². The highest BCUT2D eigenvalue weighted by Crippen LogP contribution is 2.31. The first-order valence-electron chi connectivity index (χ1n) is 9.13. The topological polar surface area (TPSA) is 73.9 Å². The van der Waals surface area contributed by atoms with E-state index in [0.717, 1.165) is 19.3 Å². The zero-order valence-electron chi connectivity index (χ0n) is 14.9. The van der Waals surface area contributed by atoms with E-state index in [-0.39, 0.29) is 25.2 Å². The van der Waals surface area contributed by atoms with Gasteiger partial charge >= 0.3 is 5.97 Å². The lowest BCUT2D eigenvalue weighted by molar-refractivity contribution is -0.124. The third-order valence-corrected chi connectivity index (χ3v) is 5.84. The molecule has 1 atom stereocenters. The van der Waals surface area contributed by atoms with Gasteiger partial charge in [-0.2, -0.15) is 0 Å². The first-order chi connectivity index (χ1) is 13.2. The molecule has 1 aromatic heterocycles. The Bertz CT molecular complexity index is 823. The van der Waals surface area contributed by atoms with E-state index in [9.17, 15) is 9.59 Å². The van der Waals surface area contributed by atoms with Crippen LogP contribution >= 0.6 is 11.3 Å². The normalized spacial score (nSPS) is 17.7. The second-order valence-corrected chi connectivity index (χ2v) is 7.78. The van der Waals surface area contributed by atoms with Crippen LogP contribution in [0, 0.1) is 0 Å². The van der Waals surface area contributed by atoms with Gasteiger partial charge in [0.25, 0.3) is 5.91 Å². The summed E-state index contributed by atoms with van der Waals surface area (Å²) in [4.78, 5) is 26.0. The van der Waals surface area contributed by atoms with Crippen LogP contribution in [0.2, 0.25) is 0 Å². The van der Waals surface area contributed by atoms with Crippen molar-refractivity contribution in [1.82, 2.24) is 5.32 Å². The lowest BCUT2D eigenvalue weighted by Gasteiger charge is -2.26. The number of nitrogens with one attached hydrogen (secondary N) is 1. The molecule has 2 aliphatic rings. The van der Waals surface area contributed by atoms with E-state index in [1.54, 1.807) is 0 Å². The van der Waals surface area contributed by atoms with Gasteiger partial charge in [-0.05, 0) is 49.4 Å². The van der Waals surface area contributed by atoms with E-state index in [0.29, 0.717) is 23.0 Å². The van der Waals surface area contributed by atoms with Gasteiger partial charge < -0.3 is 19.5 Å². The van der Waals surface area contributed by atoms with Gasteiger partial charge in [0.15, 0.2) is 18.1 Å². The summed E-state index contributed by atoms with van der Waals surface area (Å²) < 4.78 is 16.5. The van der Waals surface area contributed by atoms with Crippen molar-refractivity contribution >= 4 is 23.2 Å². The second kappa shape index (κ2) is 8.00. The molecule has 4 rings (SSSR count). The second-order valence-electron chi connectivity index (χ2n) is 6.64. The zero-order chi connectivity index (χ0) is 18.6.